The van der Waals surface area contributed by atoms with Crippen LogP contribution in [0.15, 0.2) is 24.3 Å². The normalized spacial score (nSPS) is 11.3. The van der Waals surface area contributed by atoms with Crippen LogP contribution in [0.3, 0.4) is 0 Å². The van der Waals surface area contributed by atoms with E-state index in [4.69, 9.17) is 5.11 Å². The zero-order valence-electron chi connectivity index (χ0n) is 9.25. The SMILES string of the molecule is C[C](CO)c1cccc(CC(C)C)c1. The first kappa shape index (κ1) is 11.3. The second-order valence-corrected chi connectivity index (χ2v) is 4.24. The molecule has 0 saturated heterocycles. The van der Waals surface area contributed by atoms with Gasteiger partial charge in [-0.1, -0.05) is 45.0 Å². The van der Waals surface area contributed by atoms with Crippen molar-refractivity contribution < 1.29 is 5.11 Å². The first-order valence-corrected chi connectivity index (χ1v) is 5.16. The van der Waals surface area contributed by atoms with Gasteiger partial charge in [0, 0.05) is 5.92 Å². The monoisotopic (exact) mass is 191 g/mol. The highest BCUT2D eigenvalue weighted by Gasteiger charge is 2.05. The number of benzene rings is 1. The number of aliphatic hydroxyl groups is 1. The molecule has 0 saturated carbocycles. The fraction of sp³-hybridized carbons (Fsp3) is 0.462. The molecule has 0 heterocycles. The molecular weight excluding hydrogens is 172 g/mol. The largest absolute Gasteiger partial charge is 0.395 e. The van der Waals surface area contributed by atoms with Gasteiger partial charge in [-0.3, -0.25) is 0 Å². The van der Waals surface area contributed by atoms with Gasteiger partial charge in [0.05, 0.1) is 6.61 Å². The van der Waals surface area contributed by atoms with Gasteiger partial charge in [0.25, 0.3) is 0 Å². The number of hydrogen-bond acceptors (Lipinski definition) is 1. The van der Waals surface area contributed by atoms with Crippen LogP contribution in [0.25, 0.3) is 0 Å². The Kier molecular flexibility index (Phi) is 4.15. The zero-order valence-corrected chi connectivity index (χ0v) is 9.25. The summed E-state index contributed by atoms with van der Waals surface area (Å²) in [5, 5.41) is 9.02. The molecule has 0 atom stereocenters. The van der Waals surface area contributed by atoms with E-state index in [1.165, 1.54) is 5.56 Å². The summed E-state index contributed by atoms with van der Waals surface area (Å²) in [6.45, 7) is 6.55. The van der Waals surface area contributed by atoms with Crippen LogP contribution in [-0.2, 0) is 6.42 Å². The standard InChI is InChI=1S/C13H19O/c1-10(2)7-12-5-4-6-13(8-12)11(3)9-14/h4-6,8,10,14H,7,9H2,1-3H3. The maximum Gasteiger partial charge on any atom is 0.0534 e. The average Bonchev–Trinajstić information content (AvgIpc) is 2.16. The van der Waals surface area contributed by atoms with Crippen LogP contribution in [0.1, 0.15) is 31.9 Å². The molecule has 0 spiro atoms. The summed E-state index contributed by atoms with van der Waals surface area (Å²) in [4.78, 5) is 0. The van der Waals surface area contributed by atoms with Gasteiger partial charge in [0.1, 0.15) is 0 Å². The summed E-state index contributed by atoms with van der Waals surface area (Å²) >= 11 is 0. The summed E-state index contributed by atoms with van der Waals surface area (Å²) in [7, 11) is 0. The van der Waals surface area contributed by atoms with Gasteiger partial charge >= 0.3 is 0 Å². The smallest absolute Gasteiger partial charge is 0.0534 e. The van der Waals surface area contributed by atoms with E-state index in [1.807, 2.05) is 6.92 Å². The Morgan fingerprint density at radius 3 is 2.64 bits per heavy atom. The Hall–Kier alpha value is -0.820. The summed E-state index contributed by atoms with van der Waals surface area (Å²) in [6.07, 6.45) is 1.10. The maximum atomic E-state index is 9.02. The summed E-state index contributed by atoms with van der Waals surface area (Å²) in [6, 6.07) is 8.43. The molecule has 0 aliphatic heterocycles. The fourth-order valence-electron chi connectivity index (χ4n) is 1.53. The number of rotatable bonds is 4. The van der Waals surface area contributed by atoms with Crippen molar-refractivity contribution in [2.75, 3.05) is 6.61 Å². The quantitative estimate of drug-likeness (QED) is 0.776. The fourth-order valence-corrected chi connectivity index (χ4v) is 1.53. The van der Waals surface area contributed by atoms with E-state index in [9.17, 15) is 0 Å². The van der Waals surface area contributed by atoms with E-state index < -0.39 is 0 Å². The Bertz CT molecular complexity index is 278. The van der Waals surface area contributed by atoms with Crippen molar-refractivity contribution in [1.82, 2.24) is 0 Å². The lowest BCUT2D eigenvalue weighted by Gasteiger charge is -2.10. The van der Waals surface area contributed by atoms with Gasteiger partial charge in [-0.25, -0.2) is 0 Å². The molecule has 1 rings (SSSR count). The van der Waals surface area contributed by atoms with E-state index in [1.54, 1.807) is 0 Å². The van der Waals surface area contributed by atoms with Crippen LogP contribution in [0.4, 0.5) is 0 Å². The lowest BCUT2D eigenvalue weighted by Crippen LogP contribution is -2.01. The van der Waals surface area contributed by atoms with Crippen molar-refractivity contribution in [2.45, 2.75) is 27.2 Å². The van der Waals surface area contributed by atoms with Crippen molar-refractivity contribution in [3.8, 4) is 0 Å². The van der Waals surface area contributed by atoms with Crippen LogP contribution in [0.5, 0.6) is 0 Å². The minimum Gasteiger partial charge on any atom is -0.395 e. The van der Waals surface area contributed by atoms with Crippen LogP contribution in [0.2, 0.25) is 0 Å². The number of aliphatic hydroxyl groups excluding tert-OH is 1. The van der Waals surface area contributed by atoms with Crippen LogP contribution in [0, 0.1) is 11.8 Å². The molecule has 0 aliphatic carbocycles. The molecule has 1 aromatic carbocycles. The lowest BCUT2D eigenvalue weighted by atomic mass is 9.96. The van der Waals surface area contributed by atoms with E-state index in [-0.39, 0.29) is 6.61 Å². The molecule has 1 heteroatoms. The van der Waals surface area contributed by atoms with Crippen molar-refractivity contribution in [1.29, 1.82) is 0 Å². The Balaban J connectivity index is 2.78. The van der Waals surface area contributed by atoms with Crippen LogP contribution >= 0.6 is 0 Å². The molecule has 0 fully saturated rings. The van der Waals surface area contributed by atoms with Crippen molar-refractivity contribution in [2.24, 2.45) is 5.92 Å². The Morgan fingerprint density at radius 2 is 2.07 bits per heavy atom. The predicted octanol–water partition coefficient (Wildman–Crippen LogP) is 2.82. The lowest BCUT2D eigenvalue weighted by molar-refractivity contribution is 0.315. The summed E-state index contributed by atoms with van der Waals surface area (Å²) in [5.41, 5.74) is 2.51. The summed E-state index contributed by atoms with van der Waals surface area (Å²) in [5.74, 6) is 1.72. The Morgan fingerprint density at radius 1 is 1.36 bits per heavy atom. The highest BCUT2D eigenvalue weighted by atomic mass is 16.3. The molecule has 0 bridgehead atoms. The minimum atomic E-state index is 0.144. The molecule has 1 radical (unpaired) electrons. The third-order valence-electron chi connectivity index (χ3n) is 2.30. The Labute approximate surface area is 86.8 Å². The first-order valence-electron chi connectivity index (χ1n) is 5.16. The molecule has 1 N–H and O–H groups in total. The molecule has 0 aromatic heterocycles. The second kappa shape index (κ2) is 5.16. The maximum absolute atomic E-state index is 9.02. The first-order chi connectivity index (χ1) is 6.63. The van der Waals surface area contributed by atoms with Gasteiger partial charge in [-0.2, -0.15) is 0 Å². The predicted molar refractivity (Wildman–Crippen MR) is 60.1 cm³/mol. The highest BCUT2D eigenvalue weighted by molar-refractivity contribution is 5.33. The second-order valence-electron chi connectivity index (χ2n) is 4.24. The van der Waals surface area contributed by atoms with Gasteiger partial charge in [-0.15, -0.1) is 0 Å². The van der Waals surface area contributed by atoms with E-state index in [2.05, 4.69) is 38.1 Å². The molecule has 0 unspecified atom stereocenters. The van der Waals surface area contributed by atoms with E-state index >= 15 is 0 Å². The van der Waals surface area contributed by atoms with Gasteiger partial charge in [-0.05, 0) is 23.5 Å². The highest BCUT2D eigenvalue weighted by Crippen LogP contribution is 2.16. The van der Waals surface area contributed by atoms with E-state index in [0.717, 1.165) is 17.9 Å². The van der Waals surface area contributed by atoms with Crippen LogP contribution in [-0.4, -0.2) is 11.7 Å². The molecule has 0 aliphatic rings. The van der Waals surface area contributed by atoms with Crippen LogP contribution < -0.4 is 0 Å². The number of hydrogen-bond donors (Lipinski definition) is 1. The summed E-state index contributed by atoms with van der Waals surface area (Å²) < 4.78 is 0. The van der Waals surface area contributed by atoms with Gasteiger partial charge in [0.2, 0.25) is 0 Å². The molecule has 77 valence electrons. The van der Waals surface area contributed by atoms with Crippen molar-refractivity contribution in [3.05, 3.63) is 41.3 Å². The van der Waals surface area contributed by atoms with E-state index in [0.29, 0.717) is 5.92 Å². The molecule has 1 nitrogen and oxygen atoms in total. The molecular formula is C13H19O. The van der Waals surface area contributed by atoms with Crippen molar-refractivity contribution in [3.63, 3.8) is 0 Å². The molecule has 0 amide bonds. The third kappa shape index (κ3) is 3.15. The van der Waals surface area contributed by atoms with Crippen molar-refractivity contribution >= 4 is 0 Å². The third-order valence-corrected chi connectivity index (χ3v) is 2.30. The minimum absolute atomic E-state index is 0.144. The topological polar surface area (TPSA) is 20.2 Å². The van der Waals surface area contributed by atoms with Gasteiger partial charge < -0.3 is 5.11 Å². The van der Waals surface area contributed by atoms with Gasteiger partial charge in [0.15, 0.2) is 0 Å². The molecule has 14 heavy (non-hydrogen) atoms. The zero-order chi connectivity index (χ0) is 10.6. The average molecular weight is 191 g/mol. The molecule has 1 aromatic rings.